The van der Waals surface area contributed by atoms with Gasteiger partial charge in [0.15, 0.2) is 5.69 Å². The number of aromatic nitrogens is 1. The van der Waals surface area contributed by atoms with E-state index in [2.05, 4.69) is 20.9 Å². The monoisotopic (exact) mass is 392 g/mol. The minimum Gasteiger partial charge on any atom is -0.358 e. The molecule has 0 saturated carbocycles. The molecule has 0 N–H and O–H groups in total. The molecule has 1 rings (SSSR count). The molecule has 1 aromatic rings. The van der Waals surface area contributed by atoms with E-state index in [1.54, 1.807) is 22.6 Å². The second-order valence-corrected chi connectivity index (χ2v) is 4.24. The van der Waals surface area contributed by atoms with Crippen LogP contribution >= 0.6 is 38.5 Å². The van der Waals surface area contributed by atoms with Gasteiger partial charge in [-0.25, -0.2) is 8.78 Å². The summed E-state index contributed by atoms with van der Waals surface area (Å²) in [5, 5.41) is 10.5. The fraction of sp³-hybridized carbons (Fsp3) is 0.286. The standard InChI is InChI=1S/C7H4BrF2IN2O2/c8-2-4-6(7(9)10)3(11)1-5(12-4)13(14)15/h1,7H,2H2. The van der Waals surface area contributed by atoms with Gasteiger partial charge in [-0.05, 0) is 32.5 Å². The molecule has 0 amide bonds. The molecule has 4 nitrogen and oxygen atoms in total. The highest BCUT2D eigenvalue weighted by molar-refractivity contribution is 14.1. The summed E-state index contributed by atoms with van der Waals surface area (Å²) in [6, 6.07) is 1.04. The van der Waals surface area contributed by atoms with Crippen molar-refractivity contribution in [2.24, 2.45) is 0 Å². The molecule has 0 spiro atoms. The van der Waals surface area contributed by atoms with Gasteiger partial charge in [0.1, 0.15) is 0 Å². The average molecular weight is 393 g/mol. The van der Waals surface area contributed by atoms with Crippen molar-refractivity contribution in [2.45, 2.75) is 11.8 Å². The van der Waals surface area contributed by atoms with Gasteiger partial charge in [-0.1, -0.05) is 15.9 Å². The number of alkyl halides is 3. The van der Waals surface area contributed by atoms with Gasteiger partial charge in [-0.15, -0.1) is 0 Å². The molecule has 1 heterocycles. The molecule has 0 unspecified atom stereocenters. The van der Waals surface area contributed by atoms with Gasteiger partial charge in [0.25, 0.3) is 6.43 Å². The third-order valence-electron chi connectivity index (χ3n) is 1.61. The molecular formula is C7H4BrF2IN2O2. The summed E-state index contributed by atoms with van der Waals surface area (Å²) < 4.78 is 25.3. The Kier molecular flexibility index (Phi) is 4.32. The van der Waals surface area contributed by atoms with E-state index in [4.69, 9.17) is 0 Å². The summed E-state index contributed by atoms with van der Waals surface area (Å²) >= 11 is 4.61. The van der Waals surface area contributed by atoms with E-state index in [9.17, 15) is 18.9 Å². The first-order valence-corrected chi connectivity index (χ1v) is 5.85. The topological polar surface area (TPSA) is 56.0 Å². The van der Waals surface area contributed by atoms with Crippen LogP contribution in [0, 0.1) is 13.7 Å². The lowest BCUT2D eigenvalue weighted by Gasteiger charge is -2.04. The van der Waals surface area contributed by atoms with Crippen molar-refractivity contribution in [1.29, 1.82) is 0 Å². The Balaban J connectivity index is 3.37. The molecule has 0 aliphatic carbocycles. The van der Waals surface area contributed by atoms with Gasteiger partial charge in [0, 0.05) is 9.64 Å². The molecule has 0 saturated heterocycles. The van der Waals surface area contributed by atoms with Gasteiger partial charge in [0.2, 0.25) is 0 Å². The normalized spacial score (nSPS) is 10.7. The first kappa shape index (κ1) is 12.7. The Hall–Kier alpha value is -0.380. The minimum atomic E-state index is -2.68. The lowest BCUT2D eigenvalue weighted by atomic mass is 10.2. The molecule has 0 radical (unpaired) electrons. The summed E-state index contributed by atoms with van der Waals surface area (Å²) in [5.74, 6) is -0.418. The van der Waals surface area contributed by atoms with Crippen LogP contribution in [0.3, 0.4) is 0 Å². The first-order valence-electron chi connectivity index (χ1n) is 3.65. The summed E-state index contributed by atoms with van der Waals surface area (Å²) in [5.41, 5.74) is -0.248. The smallest absolute Gasteiger partial charge is 0.358 e. The number of rotatable bonds is 3. The second-order valence-electron chi connectivity index (χ2n) is 2.51. The predicted octanol–water partition coefficient (Wildman–Crippen LogP) is 3.43. The third kappa shape index (κ3) is 2.80. The summed E-state index contributed by atoms with van der Waals surface area (Å²) in [4.78, 5) is 13.3. The maximum absolute atomic E-state index is 12.6. The van der Waals surface area contributed by atoms with E-state index in [-0.39, 0.29) is 20.2 Å². The summed E-state index contributed by atoms with van der Waals surface area (Å²) in [6.45, 7) is 0. The van der Waals surface area contributed by atoms with Crippen LogP contribution in [0.1, 0.15) is 17.7 Å². The number of hydrogen-bond donors (Lipinski definition) is 0. The maximum Gasteiger partial charge on any atom is 0.364 e. The van der Waals surface area contributed by atoms with E-state index in [1.807, 2.05) is 0 Å². The van der Waals surface area contributed by atoms with Crippen LogP contribution in [0.5, 0.6) is 0 Å². The number of nitro groups is 1. The Bertz CT molecular complexity index is 403. The van der Waals surface area contributed by atoms with Crippen molar-refractivity contribution in [3.63, 3.8) is 0 Å². The number of nitrogens with zero attached hydrogens (tertiary/aromatic N) is 2. The molecule has 0 aromatic carbocycles. The van der Waals surface area contributed by atoms with Gasteiger partial charge in [-0.2, -0.15) is 0 Å². The number of pyridine rings is 1. The summed E-state index contributed by atoms with van der Waals surface area (Å²) in [6.07, 6.45) is -2.68. The highest BCUT2D eigenvalue weighted by atomic mass is 127. The van der Waals surface area contributed by atoms with E-state index in [0.717, 1.165) is 6.07 Å². The predicted molar refractivity (Wildman–Crippen MR) is 61.2 cm³/mol. The molecule has 0 fully saturated rings. The zero-order chi connectivity index (χ0) is 11.6. The fourth-order valence-corrected chi connectivity index (χ4v) is 2.24. The lowest BCUT2D eigenvalue weighted by Crippen LogP contribution is -2.03. The van der Waals surface area contributed by atoms with Crippen molar-refractivity contribution in [3.05, 3.63) is 31.0 Å². The van der Waals surface area contributed by atoms with Crippen LogP contribution in [0.2, 0.25) is 0 Å². The number of hydrogen-bond acceptors (Lipinski definition) is 3. The van der Waals surface area contributed by atoms with Gasteiger partial charge in [-0.3, -0.25) is 0 Å². The Morgan fingerprint density at radius 2 is 2.27 bits per heavy atom. The van der Waals surface area contributed by atoms with Gasteiger partial charge >= 0.3 is 5.82 Å². The third-order valence-corrected chi connectivity index (χ3v) is 3.03. The van der Waals surface area contributed by atoms with E-state index in [0.29, 0.717) is 0 Å². The van der Waals surface area contributed by atoms with Crippen molar-refractivity contribution >= 4 is 44.3 Å². The molecule has 0 aliphatic heterocycles. The van der Waals surface area contributed by atoms with Crippen molar-refractivity contribution in [1.82, 2.24) is 4.98 Å². The lowest BCUT2D eigenvalue weighted by molar-refractivity contribution is -0.389. The molecule has 0 atom stereocenters. The average Bonchev–Trinajstić information content (AvgIpc) is 2.15. The maximum atomic E-state index is 12.6. The number of halogens is 4. The van der Waals surface area contributed by atoms with Gasteiger partial charge in [0.05, 0.1) is 10.9 Å². The van der Waals surface area contributed by atoms with Crippen LogP contribution in [0.4, 0.5) is 14.6 Å². The zero-order valence-corrected chi connectivity index (χ0v) is 10.8. The highest BCUT2D eigenvalue weighted by Crippen LogP contribution is 2.30. The molecule has 0 bridgehead atoms. The van der Waals surface area contributed by atoms with Crippen molar-refractivity contribution in [3.8, 4) is 0 Å². The Labute approximate surface area is 105 Å². The minimum absolute atomic E-state index is 0.00333. The summed E-state index contributed by atoms with van der Waals surface area (Å²) in [7, 11) is 0. The van der Waals surface area contributed by atoms with Crippen molar-refractivity contribution < 1.29 is 13.7 Å². The van der Waals surface area contributed by atoms with Crippen molar-refractivity contribution in [2.75, 3.05) is 0 Å². The second kappa shape index (κ2) is 5.10. The van der Waals surface area contributed by atoms with Crippen LogP contribution in [-0.4, -0.2) is 9.91 Å². The molecular weight excluding hydrogens is 389 g/mol. The van der Waals surface area contributed by atoms with Gasteiger partial charge < -0.3 is 10.1 Å². The highest BCUT2D eigenvalue weighted by Gasteiger charge is 2.24. The quantitative estimate of drug-likeness (QED) is 0.343. The van der Waals surface area contributed by atoms with E-state index < -0.39 is 17.2 Å². The SMILES string of the molecule is O=[N+]([O-])c1cc(I)c(C(F)F)c(CBr)n1. The largest absolute Gasteiger partial charge is 0.364 e. The zero-order valence-electron chi connectivity index (χ0n) is 7.08. The van der Waals surface area contributed by atoms with Crippen LogP contribution in [0.25, 0.3) is 0 Å². The molecule has 8 heteroatoms. The fourth-order valence-electron chi connectivity index (χ4n) is 0.985. The first-order chi connectivity index (χ1) is 6.97. The molecule has 0 aliphatic rings. The molecule has 1 aromatic heterocycles. The van der Waals surface area contributed by atoms with E-state index in [1.165, 1.54) is 0 Å². The van der Waals surface area contributed by atoms with E-state index >= 15 is 0 Å². The van der Waals surface area contributed by atoms with Crippen LogP contribution < -0.4 is 0 Å². The van der Waals surface area contributed by atoms with Crippen LogP contribution in [-0.2, 0) is 5.33 Å². The molecule has 82 valence electrons. The van der Waals surface area contributed by atoms with Crippen LogP contribution in [0.15, 0.2) is 6.07 Å². The Morgan fingerprint density at radius 3 is 2.67 bits per heavy atom. The molecule has 15 heavy (non-hydrogen) atoms. The Morgan fingerprint density at radius 1 is 1.67 bits per heavy atom.